The Hall–Kier alpha value is -2.65. The summed E-state index contributed by atoms with van der Waals surface area (Å²) in [5.74, 6) is -0.00738. The number of aliphatic hydroxyl groups is 3. The summed E-state index contributed by atoms with van der Waals surface area (Å²) in [7, 11) is 0. The van der Waals surface area contributed by atoms with Crippen LogP contribution in [0.5, 0.6) is 0 Å². The van der Waals surface area contributed by atoms with Crippen molar-refractivity contribution in [2.45, 2.75) is 109 Å². The number of nitrogens with zero attached hydrogens (tertiary/aromatic N) is 1. The molecule has 48 heavy (non-hydrogen) atoms. The van der Waals surface area contributed by atoms with Crippen LogP contribution in [0.3, 0.4) is 0 Å². The van der Waals surface area contributed by atoms with Crippen molar-refractivity contribution in [2.75, 3.05) is 26.2 Å². The molecular weight excluding hydrogens is 619 g/mol. The van der Waals surface area contributed by atoms with Crippen molar-refractivity contribution in [3.05, 3.63) is 104 Å². The second kappa shape index (κ2) is 16.4. The highest BCUT2D eigenvalue weighted by molar-refractivity contribution is 7.14. The van der Waals surface area contributed by atoms with Gasteiger partial charge in [0.1, 0.15) is 0 Å². The average Bonchev–Trinajstić information content (AvgIpc) is 3.60. The minimum Gasteiger partial charge on any atom is -0.393 e. The van der Waals surface area contributed by atoms with Crippen molar-refractivity contribution in [1.29, 1.82) is 0 Å². The summed E-state index contributed by atoms with van der Waals surface area (Å²) in [5, 5.41) is 34.7. The summed E-state index contributed by atoms with van der Waals surface area (Å²) in [4.78, 5) is 18.2. The predicted octanol–water partition coefficient (Wildman–Crippen LogP) is 7.62. The number of aryl methyl sites for hydroxylation is 1. The quantitative estimate of drug-likeness (QED) is 0.135. The summed E-state index contributed by atoms with van der Waals surface area (Å²) in [5.41, 5.74) is 3.45. The minimum absolute atomic E-state index is 0.0197. The second-order valence-corrected chi connectivity index (χ2v) is 15.9. The normalized spacial score (nSPS) is 25.5. The van der Waals surface area contributed by atoms with Crippen LogP contribution in [0, 0.1) is 12.3 Å². The van der Waals surface area contributed by atoms with Gasteiger partial charge in [0, 0.05) is 28.9 Å². The minimum atomic E-state index is -1.02. The van der Waals surface area contributed by atoms with Crippen LogP contribution in [0.25, 0.3) is 0 Å². The summed E-state index contributed by atoms with van der Waals surface area (Å²) in [6.07, 6.45) is 6.99. The molecule has 0 aliphatic heterocycles. The molecule has 0 radical (unpaired) electrons. The Bertz CT molecular complexity index is 1530. The molecular formula is C41H55NO5S. The third-order valence-corrected chi connectivity index (χ3v) is 11.8. The van der Waals surface area contributed by atoms with Gasteiger partial charge in [-0.15, -0.1) is 11.3 Å². The van der Waals surface area contributed by atoms with Crippen LogP contribution in [-0.2, 0) is 17.8 Å². The largest absolute Gasteiger partial charge is 0.393 e. The molecule has 3 aliphatic carbocycles. The van der Waals surface area contributed by atoms with Crippen molar-refractivity contribution < 1.29 is 24.9 Å². The topological polar surface area (TPSA) is 90.2 Å². The van der Waals surface area contributed by atoms with Gasteiger partial charge in [0.05, 0.1) is 35.9 Å². The third-order valence-electron chi connectivity index (χ3n) is 10.8. The molecule has 0 amide bonds. The molecule has 6 rings (SSSR count). The lowest BCUT2D eigenvalue weighted by atomic mass is 9.64. The van der Waals surface area contributed by atoms with Crippen LogP contribution in [-0.4, -0.2) is 70.1 Å². The zero-order valence-electron chi connectivity index (χ0n) is 29.3. The average molecular weight is 674 g/mol. The Labute approximate surface area is 291 Å². The summed E-state index contributed by atoms with van der Waals surface area (Å²) < 4.78 is 5.87. The number of benzene rings is 2. The Morgan fingerprint density at radius 3 is 2.60 bits per heavy atom. The van der Waals surface area contributed by atoms with Crippen molar-refractivity contribution >= 4 is 17.1 Å². The summed E-state index contributed by atoms with van der Waals surface area (Å²) in [6, 6.07) is 20.1. The van der Waals surface area contributed by atoms with E-state index in [-0.39, 0.29) is 18.3 Å². The van der Waals surface area contributed by atoms with Gasteiger partial charge in [0.2, 0.25) is 5.78 Å². The molecule has 6 nitrogen and oxygen atoms in total. The fourth-order valence-electron chi connectivity index (χ4n) is 8.04. The van der Waals surface area contributed by atoms with Gasteiger partial charge >= 0.3 is 0 Å². The van der Waals surface area contributed by atoms with E-state index in [9.17, 15) is 20.1 Å². The first-order valence-corrected chi connectivity index (χ1v) is 18.6. The van der Waals surface area contributed by atoms with Crippen LogP contribution in [0.15, 0.2) is 72.3 Å². The van der Waals surface area contributed by atoms with Crippen molar-refractivity contribution in [1.82, 2.24) is 4.90 Å². The van der Waals surface area contributed by atoms with E-state index in [1.807, 2.05) is 55.5 Å². The summed E-state index contributed by atoms with van der Waals surface area (Å²) in [6.45, 7) is 10.8. The number of rotatable bonds is 12. The van der Waals surface area contributed by atoms with E-state index in [4.69, 9.17) is 4.74 Å². The Kier molecular flexibility index (Phi) is 12.5. The first kappa shape index (κ1) is 36.6. The van der Waals surface area contributed by atoms with Crippen molar-refractivity contribution in [2.24, 2.45) is 5.41 Å². The highest BCUT2D eigenvalue weighted by Crippen LogP contribution is 2.59. The van der Waals surface area contributed by atoms with Gasteiger partial charge in [-0.3, -0.25) is 9.69 Å². The maximum atomic E-state index is 14.2. The van der Waals surface area contributed by atoms with Crippen molar-refractivity contribution in [3.63, 3.8) is 0 Å². The Morgan fingerprint density at radius 2 is 1.88 bits per heavy atom. The number of hydrogen-bond acceptors (Lipinski definition) is 7. The van der Waals surface area contributed by atoms with Crippen LogP contribution < -0.4 is 0 Å². The van der Waals surface area contributed by atoms with Gasteiger partial charge in [-0.05, 0) is 113 Å². The number of allylic oxidation sites excluding steroid dienone is 2. The third kappa shape index (κ3) is 8.73. The fraction of sp³-hybridized carbons (Fsp3) is 0.537. The zero-order valence-corrected chi connectivity index (χ0v) is 30.1. The van der Waals surface area contributed by atoms with Gasteiger partial charge in [0.15, 0.2) is 0 Å². The number of fused-ring (bicyclic) bond motifs is 8. The highest BCUT2D eigenvalue weighted by Gasteiger charge is 2.57. The van der Waals surface area contributed by atoms with Gasteiger partial charge in [-0.2, -0.15) is 0 Å². The van der Waals surface area contributed by atoms with Gasteiger partial charge < -0.3 is 20.1 Å². The molecule has 2 aromatic carbocycles. The molecule has 5 unspecified atom stereocenters. The molecule has 1 aromatic heterocycles. The van der Waals surface area contributed by atoms with E-state index in [2.05, 4.69) is 43.9 Å². The number of thiophene rings is 1. The van der Waals surface area contributed by atoms with E-state index in [0.29, 0.717) is 44.5 Å². The first-order chi connectivity index (χ1) is 23.0. The molecule has 1 fully saturated rings. The zero-order chi connectivity index (χ0) is 34.3. The fourth-order valence-corrected chi connectivity index (χ4v) is 8.87. The van der Waals surface area contributed by atoms with Gasteiger partial charge in [-0.1, -0.05) is 68.0 Å². The van der Waals surface area contributed by atoms with Crippen molar-refractivity contribution in [3.8, 4) is 0 Å². The lowest BCUT2D eigenvalue weighted by Gasteiger charge is -2.46. The molecule has 1 heterocycles. The monoisotopic (exact) mass is 673 g/mol. The maximum Gasteiger partial charge on any atom is 0.203 e. The van der Waals surface area contributed by atoms with Gasteiger partial charge in [-0.25, -0.2) is 0 Å². The molecule has 3 aliphatic rings. The van der Waals surface area contributed by atoms with Crippen LogP contribution in [0.1, 0.15) is 108 Å². The second-order valence-electron chi connectivity index (χ2n) is 14.6. The lowest BCUT2D eigenvalue weighted by Crippen LogP contribution is -2.54. The first-order valence-electron chi connectivity index (χ1n) is 17.8. The number of hydrogen-bond donors (Lipinski definition) is 3. The highest BCUT2D eigenvalue weighted by atomic mass is 32.1. The molecule has 2 bridgehead atoms. The number of ketones is 1. The van der Waals surface area contributed by atoms with Crippen LogP contribution in [0.2, 0.25) is 0 Å². The number of aliphatic hydroxyl groups excluding tert-OH is 2. The standard InChI is InChI=1S/C41H55NO5S/c1-5-22-42(25-34(44)27-47-26-31-11-7-6-8-12-31)28-41(46)21-19-37-35-17-15-32(24-36(35)39(45)38-18-14-30(3)48-38)23-33(43)16-13-29(2)10-9-20-40(37,41)4/h6-8,10-12,14-15,17-18,24,33-34,37,43-44,46H,5,9,13,16,19-23,25-28H2,1-4H3. The van der Waals surface area contributed by atoms with Gasteiger partial charge in [0.25, 0.3) is 0 Å². The van der Waals surface area contributed by atoms with Crippen LogP contribution >= 0.6 is 11.3 Å². The Balaban J connectivity index is 1.44. The van der Waals surface area contributed by atoms with E-state index < -0.39 is 23.2 Å². The SMILES string of the molecule is CCCN(CC(O)COCc1ccccc1)CC1(O)CCC2c3ccc(cc3C(=O)c3ccc(C)s3)CC(O)CCC(C)=CCCC21C. The number of carbonyl (C=O) groups is 1. The summed E-state index contributed by atoms with van der Waals surface area (Å²) >= 11 is 1.52. The molecule has 0 spiro atoms. The molecule has 3 N–H and O–H groups in total. The Morgan fingerprint density at radius 1 is 1.08 bits per heavy atom. The molecule has 260 valence electrons. The number of ether oxygens (including phenoxy) is 1. The molecule has 3 aromatic rings. The molecule has 0 saturated heterocycles. The lowest BCUT2D eigenvalue weighted by molar-refractivity contribution is -0.0906. The van der Waals surface area contributed by atoms with E-state index >= 15 is 0 Å². The van der Waals surface area contributed by atoms with E-state index in [1.165, 1.54) is 16.9 Å². The molecule has 7 heteroatoms. The van der Waals surface area contributed by atoms with Crippen LogP contribution in [0.4, 0.5) is 0 Å². The molecule has 1 saturated carbocycles. The smallest absolute Gasteiger partial charge is 0.203 e. The van der Waals surface area contributed by atoms with E-state index in [1.54, 1.807) is 0 Å². The predicted molar refractivity (Wildman–Crippen MR) is 195 cm³/mol. The maximum absolute atomic E-state index is 14.2. The van der Waals surface area contributed by atoms with E-state index in [0.717, 1.165) is 65.1 Å². The number of carbonyl (C=O) groups excluding carboxylic acids is 1. The molecule has 5 atom stereocenters.